The van der Waals surface area contributed by atoms with Gasteiger partial charge in [-0.05, 0) is 19.7 Å². The molecule has 0 aromatic rings. The molecule has 0 aromatic heterocycles. The lowest BCUT2D eigenvalue weighted by atomic mass is 10.9. The monoisotopic (exact) mass is 134 g/mol. The van der Waals surface area contributed by atoms with Crippen LogP contribution in [0.4, 0.5) is 0 Å². The fraction of sp³-hybridized carbons (Fsp3) is 0.667. The Morgan fingerprint density at radius 1 is 2.00 bits per heavy atom. The minimum Gasteiger partial charge on any atom is -0.231 e. The molecule has 0 atom stereocenters. The van der Waals surface area contributed by atoms with E-state index < -0.39 is 0 Å². The zero-order valence-corrected chi connectivity index (χ0v) is 5.67. The van der Waals surface area contributed by atoms with Crippen molar-refractivity contribution >= 4 is 29.6 Å². The molecule has 0 bridgehead atoms. The molecule has 0 aromatic carbocycles. The largest absolute Gasteiger partial charge is 0.231 e. The van der Waals surface area contributed by atoms with Gasteiger partial charge >= 0.3 is 0 Å². The van der Waals surface area contributed by atoms with E-state index >= 15 is 0 Å². The zero-order chi connectivity index (χ0) is 5.28. The molecule has 7 heavy (non-hydrogen) atoms. The summed E-state index contributed by atoms with van der Waals surface area (Å²) in [7, 11) is 0. The van der Waals surface area contributed by atoms with Gasteiger partial charge in [-0.2, -0.15) is 5.10 Å². The second-order valence-electron chi connectivity index (χ2n) is 1.26. The highest BCUT2D eigenvalue weighted by atomic mass is 32.2. The molecule has 1 heterocycles. The molecule has 1 aliphatic rings. The smallest absolute Gasteiger partial charge is 0.0991 e. The lowest BCUT2D eigenvalue weighted by Crippen LogP contribution is -1.93. The molecule has 1 rings (SSSR count). The quantitative estimate of drug-likeness (QED) is 0.500. The van der Waals surface area contributed by atoms with Crippen molar-refractivity contribution in [2.24, 2.45) is 5.10 Å². The third kappa shape index (κ3) is 1.28. The van der Waals surface area contributed by atoms with Crippen LogP contribution in [0.3, 0.4) is 0 Å². The first-order chi connectivity index (χ1) is 3.29. The van der Waals surface area contributed by atoms with E-state index in [0.717, 1.165) is 10.9 Å². The lowest BCUT2D eigenvalue weighted by molar-refractivity contribution is 0.615. The molecule has 0 radical (unpaired) electrons. The van der Waals surface area contributed by atoms with Crippen LogP contribution in [0.1, 0.15) is 6.92 Å². The zero-order valence-electron chi connectivity index (χ0n) is 3.96. The van der Waals surface area contributed by atoms with E-state index in [1.807, 2.05) is 6.92 Å². The summed E-state index contributed by atoms with van der Waals surface area (Å²) in [6, 6.07) is 0. The Kier molecular flexibility index (Phi) is 1.49. The number of rotatable bonds is 0. The Morgan fingerprint density at radius 2 is 2.71 bits per heavy atom. The molecule has 0 spiro atoms. The fourth-order valence-electron chi connectivity index (χ4n) is 0.371. The first-order valence-corrected chi connectivity index (χ1v) is 3.32. The average molecular weight is 134 g/mol. The third-order valence-electron chi connectivity index (χ3n) is 0.645. The first kappa shape index (κ1) is 5.31. The number of hydrogen-bond donors (Lipinski definition) is 1. The summed E-state index contributed by atoms with van der Waals surface area (Å²) in [6.45, 7) is 1.97. The summed E-state index contributed by atoms with van der Waals surface area (Å²) in [4.78, 5) is 0. The van der Waals surface area contributed by atoms with Gasteiger partial charge < -0.3 is 0 Å². The van der Waals surface area contributed by atoms with Gasteiger partial charge in [0.05, 0.1) is 10.9 Å². The van der Waals surface area contributed by atoms with Crippen LogP contribution >= 0.6 is 24.6 Å². The number of thioether (sulfide) groups is 1. The highest BCUT2D eigenvalue weighted by molar-refractivity contribution is 8.14. The molecule has 40 valence electrons. The van der Waals surface area contributed by atoms with E-state index in [4.69, 9.17) is 0 Å². The predicted octanol–water partition coefficient (Wildman–Crippen LogP) is 1.17. The number of hydrazone groups is 1. The van der Waals surface area contributed by atoms with E-state index in [-0.39, 0.29) is 0 Å². The molecular formula is C3H6N2S2. The third-order valence-corrected chi connectivity index (χ3v) is 1.94. The van der Waals surface area contributed by atoms with Crippen LogP contribution in [0.15, 0.2) is 5.10 Å². The summed E-state index contributed by atoms with van der Waals surface area (Å²) >= 11 is 5.68. The van der Waals surface area contributed by atoms with Crippen molar-refractivity contribution in [2.45, 2.75) is 6.92 Å². The molecule has 0 fully saturated rings. The molecule has 0 amide bonds. The van der Waals surface area contributed by atoms with Crippen molar-refractivity contribution in [3.8, 4) is 0 Å². The highest BCUT2D eigenvalue weighted by Gasteiger charge is 2.05. The Morgan fingerprint density at radius 3 is 2.86 bits per heavy atom. The maximum atomic E-state index is 3.98. The van der Waals surface area contributed by atoms with Crippen molar-refractivity contribution in [2.75, 3.05) is 5.88 Å². The van der Waals surface area contributed by atoms with Gasteiger partial charge in [0, 0.05) is 0 Å². The average Bonchev–Trinajstić information content (AvgIpc) is 1.87. The molecule has 0 aliphatic carbocycles. The van der Waals surface area contributed by atoms with E-state index in [0.29, 0.717) is 0 Å². The van der Waals surface area contributed by atoms with Gasteiger partial charge in [-0.1, -0.05) is 11.8 Å². The normalized spacial score (nSPS) is 20.3. The number of hydrogen-bond acceptors (Lipinski definition) is 4. The van der Waals surface area contributed by atoms with Gasteiger partial charge in [0.1, 0.15) is 0 Å². The molecule has 4 heteroatoms. The second kappa shape index (κ2) is 1.96. The van der Waals surface area contributed by atoms with Crippen LogP contribution in [0.25, 0.3) is 0 Å². The molecule has 0 saturated carbocycles. The van der Waals surface area contributed by atoms with Gasteiger partial charge in [-0.3, -0.25) is 0 Å². The number of nitrogens with zero attached hydrogens (tertiary/aromatic N) is 2. The number of thiol groups is 1. The van der Waals surface area contributed by atoms with Gasteiger partial charge in [0.25, 0.3) is 0 Å². The molecular weight excluding hydrogens is 128 g/mol. The molecule has 0 saturated heterocycles. The standard InChI is InChI=1S/C3H6N2S2/c1-3-4-5(6)2-7-3/h6H,2H2,1H3. The maximum Gasteiger partial charge on any atom is 0.0991 e. The van der Waals surface area contributed by atoms with Crippen LogP contribution in [0, 0.1) is 0 Å². The summed E-state index contributed by atoms with van der Waals surface area (Å²) in [6.07, 6.45) is 0. The summed E-state index contributed by atoms with van der Waals surface area (Å²) in [5.41, 5.74) is 0. The minimum atomic E-state index is 0.884. The lowest BCUT2D eigenvalue weighted by Gasteiger charge is -1.96. The van der Waals surface area contributed by atoms with Crippen molar-refractivity contribution in [3.63, 3.8) is 0 Å². The highest BCUT2D eigenvalue weighted by Crippen LogP contribution is 2.16. The maximum absolute atomic E-state index is 3.98. The van der Waals surface area contributed by atoms with Crippen LogP contribution in [0.2, 0.25) is 0 Å². The van der Waals surface area contributed by atoms with Gasteiger partial charge in [-0.25, -0.2) is 4.41 Å². The SMILES string of the molecule is CC1=NN(S)CS1. The summed E-state index contributed by atoms with van der Waals surface area (Å²) in [5.74, 6) is 0.884. The Hall–Kier alpha value is 0.170. The van der Waals surface area contributed by atoms with Crippen molar-refractivity contribution in [1.29, 1.82) is 0 Å². The molecule has 1 aliphatic heterocycles. The van der Waals surface area contributed by atoms with Gasteiger partial charge in [0.15, 0.2) is 0 Å². The van der Waals surface area contributed by atoms with E-state index in [2.05, 4.69) is 17.9 Å². The molecule has 2 nitrogen and oxygen atoms in total. The minimum absolute atomic E-state index is 0.884. The molecule has 0 unspecified atom stereocenters. The first-order valence-electron chi connectivity index (χ1n) is 1.93. The fourth-order valence-corrected chi connectivity index (χ4v) is 1.26. The van der Waals surface area contributed by atoms with Gasteiger partial charge in [-0.15, -0.1) is 0 Å². The second-order valence-corrected chi connectivity index (χ2v) is 2.86. The van der Waals surface area contributed by atoms with Crippen LogP contribution in [0.5, 0.6) is 0 Å². The van der Waals surface area contributed by atoms with Crippen molar-refractivity contribution in [1.82, 2.24) is 4.41 Å². The topological polar surface area (TPSA) is 15.6 Å². The van der Waals surface area contributed by atoms with Crippen LogP contribution < -0.4 is 0 Å². The summed E-state index contributed by atoms with van der Waals surface area (Å²) < 4.78 is 1.62. The van der Waals surface area contributed by atoms with Crippen LogP contribution in [-0.4, -0.2) is 15.3 Å². The van der Waals surface area contributed by atoms with E-state index in [9.17, 15) is 0 Å². The van der Waals surface area contributed by atoms with Crippen molar-refractivity contribution in [3.05, 3.63) is 0 Å². The van der Waals surface area contributed by atoms with E-state index in [1.165, 1.54) is 0 Å². The summed E-state index contributed by atoms with van der Waals surface area (Å²) in [5, 5.41) is 5.06. The molecule has 0 N–H and O–H groups in total. The van der Waals surface area contributed by atoms with E-state index in [1.54, 1.807) is 16.2 Å². The van der Waals surface area contributed by atoms with Gasteiger partial charge in [0.2, 0.25) is 0 Å². The van der Waals surface area contributed by atoms with Crippen LogP contribution in [-0.2, 0) is 0 Å². The predicted molar refractivity (Wildman–Crippen MR) is 36.4 cm³/mol. The Balaban J connectivity index is 2.50. The van der Waals surface area contributed by atoms with Crippen molar-refractivity contribution < 1.29 is 0 Å². The Bertz CT molecular complexity index is 101. The Labute approximate surface area is 52.5 Å².